The number of aliphatic carboxylic acids is 1. The first-order valence-corrected chi connectivity index (χ1v) is 6.77. The zero-order valence-electron chi connectivity index (χ0n) is 10.8. The highest BCUT2D eigenvalue weighted by Crippen LogP contribution is 2.27. The van der Waals surface area contributed by atoms with E-state index in [1.807, 2.05) is 6.92 Å². The largest absolute Gasteiger partial charge is 0.481 e. The van der Waals surface area contributed by atoms with Crippen molar-refractivity contribution in [2.24, 2.45) is 0 Å². The van der Waals surface area contributed by atoms with Crippen LogP contribution in [0.4, 0.5) is 0 Å². The van der Waals surface area contributed by atoms with E-state index in [4.69, 9.17) is 16.7 Å². The van der Waals surface area contributed by atoms with Crippen LogP contribution in [0.15, 0.2) is 18.2 Å². The molecule has 1 aromatic rings. The van der Waals surface area contributed by atoms with E-state index in [2.05, 4.69) is 5.32 Å². The summed E-state index contributed by atoms with van der Waals surface area (Å²) in [6, 6.07) is 5.14. The van der Waals surface area contributed by atoms with Crippen LogP contribution in [-0.2, 0) is 4.79 Å². The van der Waals surface area contributed by atoms with Gasteiger partial charge in [-0.05, 0) is 37.0 Å². The average molecular weight is 284 g/mol. The Balaban J connectivity index is 2.13. The summed E-state index contributed by atoms with van der Waals surface area (Å²) in [5.74, 6) is -0.914. The van der Waals surface area contributed by atoms with Crippen molar-refractivity contribution in [2.75, 3.05) is 0 Å². The molecule has 19 heavy (non-hydrogen) atoms. The van der Waals surface area contributed by atoms with Crippen molar-refractivity contribution >= 4 is 17.6 Å². The normalized spacial score (nSPS) is 18.1. The number of hydrogen-bond donors (Lipinski definition) is 3. The number of aliphatic hydroxyl groups is 1. The van der Waals surface area contributed by atoms with Gasteiger partial charge in [-0.25, -0.2) is 0 Å². The van der Waals surface area contributed by atoms with Crippen LogP contribution in [0.5, 0.6) is 0 Å². The highest BCUT2D eigenvalue weighted by atomic mass is 35.5. The number of nitrogens with one attached hydrogen (secondary N) is 1. The summed E-state index contributed by atoms with van der Waals surface area (Å²) >= 11 is 5.95. The molecule has 0 bridgehead atoms. The van der Waals surface area contributed by atoms with Gasteiger partial charge in [-0.1, -0.05) is 23.7 Å². The van der Waals surface area contributed by atoms with Gasteiger partial charge in [0, 0.05) is 17.1 Å². The first-order chi connectivity index (χ1) is 8.97. The molecule has 104 valence electrons. The summed E-state index contributed by atoms with van der Waals surface area (Å²) in [5, 5.41) is 23.1. The fourth-order valence-electron chi connectivity index (χ4n) is 2.09. The summed E-state index contributed by atoms with van der Waals surface area (Å²) in [6.45, 7) is 1.86. The van der Waals surface area contributed by atoms with Crippen LogP contribution in [-0.4, -0.2) is 28.3 Å². The predicted octanol–water partition coefficient (Wildman–Crippen LogP) is 2.28. The van der Waals surface area contributed by atoms with Crippen molar-refractivity contribution < 1.29 is 15.0 Å². The summed E-state index contributed by atoms with van der Waals surface area (Å²) in [7, 11) is 0. The second-order valence-electron chi connectivity index (χ2n) is 5.10. The summed E-state index contributed by atoms with van der Waals surface area (Å²) in [6.07, 6.45) is 1.15. The Bertz CT molecular complexity index is 474. The molecule has 0 saturated heterocycles. The molecule has 0 aromatic heterocycles. The molecule has 2 atom stereocenters. The Labute approximate surface area is 117 Å². The Kier molecular flexibility index (Phi) is 4.45. The number of halogens is 1. The molecule has 5 heteroatoms. The molecule has 1 aliphatic carbocycles. The van der Waals surface area contributed by atoms with Gasteiger partial charge in [-0.15, -0.1) is 0 Å². The van der Waals surface area contributed by atoms with Gasteiger partial charge < -0.3 is 15.5 Å². The van der Waals surface area contributed by atoms with Crippen LogP contribution in [0.3, 0.4) is 0 Å². The third-order valence-corrected chi connectivity index (χ3v) is 3.75. The minimum atomic E-state index is -0.914. The lowest BCUT2D eigenvalue weighted by atomic mass is 9.98. The summed E-state index contributed by atoms with van der Waals surface area (Å²) < 4.78 is 0. The topological polar surface area (TPSA) is 69.6 Å². The lowest BCUT2D eigenvalue weighted by Gasteiger charge is -2.23. The average Bonchev–Trinajstić information content (AvgIpc) is 3.14. The number of aryl methyl sites for hydroxylation is 1. The Morgan fingerprint density at radius 1 is 1.53 bits per heavy atom. The van der Waals surface area contributed by atoms with E-state index in [9.17, 15) is 9.90 Å². The maximum absolute atomic E-state index is 10.9. The lowest BCUT2D eigenvalue weighted by molar-refractivity contribution is -0.138. The van der Waals surface area contributed by atoms with Crippen LogP contribution in [0, 0.1) is 6.92 Å². The summed E-state index contributed by atoms with van der Waals surface area (Å²) in [5.41, 5.74) is 1.57. The van der Waals surface area contributed by atoms with Crippen LogP contribution in [0.2, 0.25) is 5.02 Å². The van der Waals surface area contributed by atoms with Crippen LogP contribution >= 0.6 is 11.6 Å². The van der Waals surface area contributed by atoms with Gasteiger partial charge in [0.2, 0.25) is 0 Å². The number of carboxylic acid groups (broad SMARTS) is 1. The lowest BCUT2D eigenvalue weighted by Crippen LogP contribution is -2.38. The molecule has 4 nitrogen and oxygen atoms in total. The SMILES string of the molecule is Cc1cc(C(O)C(CC(=O)O)NC2CC2)ccc1Cl. The minimum Gasteiger partial charge on any atom is -0.481 e. The van der Waals surface area contributed by atoms with Crippen molar-refractivity contribution in [1.82, 2.24) is 5.32 Å². The van der Waals surface area contributed by atoms with E-state index in [-0.39, 0.29) is 6.42 Å². The highest BCUT2D eigenvalue weighted by Gasteiger charge is 2.30. The van der Waals surface area contributed by atoms with Gasteiger partial charge >= 0.3 is 5.97 Å². The van der Waals surface area contributed by atoms with Crippen molar-refractivity contribution in [3.05, 3.63) is 34.3 Å². The first-order valence-electron chi connectivity index (χ1n) is 6.39. The zero-order valence-corrected chi connectivity index (χ0v) is 11.5. The van der Waals surface area contributed by atoms with Gasteiger partial charge in [-0.2, -0.15) is 0 Å². The molecule has 2 unspecified atom stereocenters. The first kappa shape index (κ1) is 14.3. The van der Waals surface area contributed by atoms with E-state index in [0.29, 0.717) is 16.6 Å². The summed E-state index contributed by atoms with van der Waals surface area (Å²) in [4.78, 5) is 10.9. The van der Waals surface area contributed by atoms with Crippen LogP contribution < -0.4 is 5.32 Å². The quantitative estimate of drug-likeness (QED) is 0.749. The minimum absolute atomic E-state index is 0.0979. The van der Waals surface area contributed by atoms with Crippen molar-refractivity contribution in [1.29, 1.82) is 0 Å². The van der Waals surface area contributed by atoms with E-state index in [1.54, 1.807) is 18.2 Å². The number of benzene rings is 1. The van der Waals surface area contributed by atoms with Gasteiger partial charge in [0.25, 0.3) is 0 Å². The number of hydrogen-bond acceptors (Lipinski definition) is 3. The van der Waals surface area contributed by atoms with Gasteiger partial charge in [0.1, 0.15) is 0 Å². The van der Waals surface area contributed by atoms with Crippen molar-refractivity contribution in [3.63, 3.8) is 0 Å². The Morgan fingerprint density at radius 2 is 2.21 bits per heavy atom. The number of carbonyl (C=O) groups is 1. The maximum Gasteiger partial charge on any atom is 0.305 e. The molecule has 1 aliphatic rings. The predicted molar refractivity (Wildman–Crippen MR) is 73.3 cm³/mol. The highest BCUT2D eigenvalue weighted by molar-refractivity contribution is 6.31. The zero-order chi connectivity index (χ0) is 14.0. The van der Waals surface area contributed by atoms with E-state index in [0.717, 1.165) is 18.4 Å². The smallest absolute Gasteiger partial charge is 0.305 e. The standard InChI is InChI=1S/C14H18ClNO3/c1-8-6-9(2-5-11(8)15)14(19)12(7-13(17)18)16-10-3-4-10/h2,5-6,10,12,14,16,19H,3-4,7H2,1H3,(H,17,18). The molecule has 0 aliphatic heterocycles. The van der Waals surface area contributed by atoms with Crippen molar-refractivity contribution in [2.45, 2.75) is 44.4 Å². The van der Waals surface area contributed by atoms with Crippen molar-refractivity contribution in [3.8, 4) is 0 Å². The van der Waals surface area contributed by atoms with Crippen LogP contribution in [0.1, 0.15) is 36.5 Å². The second-order valence-corrected chi connectivity index (χ2v) is 5.51. The second kappa shape index (κ2) is 5.90. The molecule has 3 N–H and O–H groups in total. The van der Waals surface area contributed by atoms with E-state index < -0.39 is 18.1 Å². The third kappa shape index (κ3) is 3.93. The molecule has 1 fully saturated rings. The Morgan fingerprint density at radius 3 is 2.74 bits per heavy atom. The molecule has 1 saturated carbocycles. The number of aliphatic hydroxyl groups excluding tert-OH is 1. The fourth-order valence-corrected chi connectivity index (χ4v) is 2.20. The van der Waals surface area contributed by atoms with E-state index >= 15 is 0 Å². The van der Waals surface area contributed by atoms with E-state index in [1.165, 1.54) is 0 Å². The molecular formula is C14H18ClNO3. The Hall–Kier alpha value is -1.10. The molecule has 0 amide bonds. The number of carboxylic acids is 1. The van der Waals surface area contributed by atoms with Gasteiger partial charge in [0.05, 0.1) is 12.5 Å². The molecule has 0 radical (unpaired) electrons. The van der Waals surface area contributed by atoms with Gasteiger partial charge in [-0.3, -0.25) is 4.79 Å². The monoisotopic (exact) mass is 283 g/mol. The molecule has 0 heterocycles. The van der Waals surface area contributed by atoms with Gasteiger partial charge in [0.15, 0.2) is 0 Å². The van der Waals surface area contributed by atoms with Crippen LogP contribution in [0.25, 0.3) is 0 Å². The molecular weight excluding hydrogens is 266 g/mol. The third-order valence-electron chi connectivity index (χ3n) is 3.33. The molecule has 0 spiro atoms. The number of rotatable bonds is 6. The molecule has 2 rings (SSSR count). The molecule has 1 aromatic carbocycles. The maximum atomic E-state index is 10.9. The fraction of sp³-hybridized carbons (Fsp3) is 0.500.